The topological polar surface area (TPSA) is 9.23 Å². The summed E-state index contributed by atoms with van der Waals surface area (Å²) in [6, 6.07) is 12.6. The number of hydrogen-bond donors (Lipinski definition) is 0. The highest BCUT2D eigenvalue weighted by molar-refractivity contribution is 9.11. The van der Waals surface area contributed by atoms with Gasteiger partial charge in [0.05, 0.1) is 15.9 Å². The Balaban J connectivity index is 2.27. The number of hydrogen-bond acceptors (Lipinski definition) is 1. The van der Waals surface area contributed by atoms with Crippen LogP contribution in [0.1, 0.15) is 34.9 Å². The molecule has 112 valence electrons. The molecular weight excluding hydrogens is 460 g/mol. The van der Waals surface area contributed by atoms with Gasteiger partial charge < -0.3 is 4.74 Å². The molecule has 0 bridgehead atoms. The van der Waals surface area contributed by atoms with Crippen molar-refractivity contribution in [3.05, 3.63) is 62.0 Å². The molecule has 0 aromatic heterocycles. The molecule has 2 rings (SSSR count). The minimum atomic E-state index is 0.143. The lowest BCUT2D eigenvalue weighted by Crippen LogP contribution is -1.98. The second-order valence-corrected chi connectivity index (χ2v) is 7.55. The SMILES string of the molecule is CCCOc1ccc(C(Br)c2ccc(C)cc2Br)cc1Br. The molecule has 1 unspecified atom stereocenters. The van der Waals surface area contributed by atoms with Gasteiger partial charge in [-0.1, -0.05) is 57.0 Å². The van der Waals surface area contributed by atoms with Crippen LogP contribution in [0.5, 0.6) is 5.75 Å². The largest absolute Gasteiger partial charge is 0.492 e. The quantitative estimate of drug-likeness (QED) is 0.431. The first-order valence-electron chi connectivity index (χ1n) is 6.85. The third-order valence-electron chi connectivity index (χ3n) is 3.14. The van der Waals surface area contributed by atoms with E-state index in [1.165, 1.54) is 16.7 Å². The maximum Gasteiger partial charge on any atom is 0.133 e. The third-order valence-corrected chi connectivity index (χ3v) is 5.47. The fraction of sp³-hybridized carbons (Fsp3) is 0.294. The smallest absolute Gasteiger partial charge is 0.133 e. The summed E-state index contributed by atoms with van der Waals surface area (Å²) in [5, 5.41) is 0. The Morgan fingerprint density at radius 2 is 1.81 bits per heavy atom. The van der Waals surface area contributed by atoms with Crippen LogP contribution in [0.15, 0.2) is 45.3 Å². The molecular formula is C17H17Br3O. The Hall–Kier alpha value is -0.320. The number of rotatable bonds is 5. The Morgan fingerprint density at radius 3 is 2.43 bits per heavy atom. The van der Waals surface area contributed by atoms with Crippen LogP contribution in [-0.4, -0.2) is 6.61 Å². The molecule has 1 nitrogen and oxygen atoms in total. The Kier molecular flexibility index (Phi) is 6.33. The van der Waals surface area contributed by atoms with E-state index in [1.807, 2.05) is 6.07 Å². The molecule has 0 saturated heterocycles. The van der Waals surface area contributed by atoms with Gasteiger partial charge in [0.25, 0.3) is 0 Å². The van der Waals surface area contributed by atoms with Crippen molar-refractivity contribution >= 4 is 47.8 Å². The molecule has 0 aliphatic heterocycles. The second-order valence-electron chi connectivity index (χ2n) is 4.93. The lowest BCUT2D eigenvalue weighted by molar-refractivity contribution is 0.315. The minimum Gasteiger partial charge on any atom is -0.492 e. The highest BCUT2D eigenvalue weighted by atomic mass is 79.9. The van der Waals surface area contributed by atoms with Crippen LogP contribution in [0.25, 0.3) is 0 Å². The van der Waals surface area contributed by atoms with Crippen molar-refractivity contribution in [1.29, 1.82) is 0 Å². The zero-order valence-electron chi connectivity index (χ0n) is 12.0. The van der Waals surface area contributed by atoms with Crippen molar-refractivity contribution < 1.29 is 4.74 Å². The van der Waals surface area contributed by atoms with Crippen molar-refractivity contribution in [1.82, 2.24) is 0 Å². The Labute approximate surface area is 151 Å². The van der Waals surface area contributed by atoms with Gasteiger partial charge in [0, 0.05) is 4.47 Å². The van der Waals surface area contributed by atoms with E-state index in [9.17, 15) is 0 Å². The van der Waals surface area contributed by atoms with Crippen LogP contribution >= 0.6 is 47.8 Å². The lowest BCUT2D eigenvalue weighted by atomic mass is 10.0. The van der Waals surface area contributed by atoms with Crippen LogP contribution in [0.2, 0.25) is 0 Å². The predicted molar refractivity (Wildman–Crippen MR) is 99.6 cm³/mol. The monoisotopic (exact) mass is 474 g/mol. The van der Waals surface area contributed by atoms with Gasteiger partial charge in [0.1, 0.15) is 5.75 Å². The molecule has 0 fully saturated rings. The zero-order valence-corrected chi connectivity index (χ0v) is 16.8. The maximum atomic E-state index is 5.69. The summed E-state index contributed by atoms with van der Waals surface area (Å²) in [6.07, 6.45) is 1.01. The fourth-order valence-electron chi connectivity index (χ4n) is 2.02. The molecule has 0 saturated carbocycles. The molecule has 21 heavy (non-hydrogen) atoms. The van der Waals surface area contributed by atoms with E-state index >= 15 is 0 Å². The summed E-state index contributed by atoms with van der Waals surface area (Å²) < 4.78 is 7.80. The molecule has 0 spiro atoms. The standard InChI is InChI=1S/C17H17Br3O/c1-3-8-21-16-7-5-12(10-15(16)19)17(20)13-6-4-11(2)9-14(13)18/h4-7,9-10,17H,3,8H2,1-2H3. The maximum absolute atomic E-state index is 5.69. The van der Waals surface area contributed by atoms with Gasteiger partial charge in [-0.2, -0.15) is 0 Å². The van der Waals surface area contributed by atoms with Gasteiger partial charge in [-0.05, 0) is 64.2 Å². The van der Waals surface area contributed by atoms with Gasteiger partial charge in [-0.15, -0.1) is 0 Å². The summed E-state index contributed by atoms with van der Waals surface area (Å²) >= 11 is 11.0. The number of ether oxygens (including phenoxy) is 1. The number of benzene rings is 2. The van der Waals surface area contributed by atoms with Crippen LogP contribution < -0.4 is 4.74 Å². The summed E-state index contributed by atoms with van der Waals surface area (Å²) in [7, 11) is 0. The van der Waals surface area contributed by atoms with Crippen LogP contribution in [0, 0.1) is 6.92 Å². The molecule has 0 radical (unpaired) electrons. The highest BCUT2D eigenvalue weighted by Gasteiger charge is 2.15. The van der Waals surface area contributed by atoms with Crippen molar-refractivity contribution in [2.75, 3.05) is 6.61 Å². The normalized spacial score (nSPS) is 12.2. The number of halogens is 3. The van der Waals surface area contributed by atoms with E-state index in [-0.39, 0.29) is 4.83 Å². The van der Waals surface area contributed by atoms with Crippen LogP contribution in [0.4, 0.5) is 0 Å². The third kappa shape index (κ3) is 4.33. The molecule has 1 atom stereocenters. The number of aryl methyl sites for hydroxylation is 1. The first-order chi connectivity index (χ1) is 10.0. The second kappa shape index (κ2) is 7.80. The van der Waals surface area contributed by atoms with Crippen molar-refractivity contribution in [2.45, 2.75) is 25.1 Å². The van der Waals surface area contributed by atoms with E-state index < -0.39 is 0 Å². The van der Waals surface area contributed by atoms with Gasteiger partial charge in [-0.3, -0.25) is 0 Å². The molecule has 0 amide bonds. The van der Waals surface area contributed by atoms with Crippen molar-refractivity contribution in [3.8, 4) is 5.75 Å². The van der Waals surface area contributed by atoms with Gasteiger partial charge >= 0.3 is 0 Å². The minimum absolute atomic E-state index is 0.143. The molecule has 0 aliphatic rings. The molecule has 0 N–H and O–H groups in total. The first kappa shape index (κ1) is 17.0. The van der Waals surface area contributed by atoms with E-state index in [2.05, 4.69) is 92.0 Å². The van der Waals surface area contributed by atoms with Gasteiger partial charge in [0.15, 0.2) is 0 Å². The van der Waals surface area contributed by atoms with Crippen molar-refractivity contribution in [2.24, 2.45) is 0 Å². The van der Waals surface area contributed by atoms with E-state index in [0.29, 0.717) is 0 Å². The summed E-state index contributed by atoms with van der Waals surface area (Å²) in [5.74, 6) is 0.892. The molecule has 0 aliphatic carbocycles. The average molecular weight is 477 g/mol. The highest BCUT2D eigenvalue weighted by Crippen LogP contribution is 2.38. The van der Waals surface area contributed by atoms with Gasteiger partial charge in [0.2, 0.25) is 0 Å². The summed E-state index contributed by atoms with van der Waals surface area (Å²) in [5.41, 5.74) is 3.65. The molecule has 4 heteroatoms. The zero-order chi connectivity index (χ0) is 15.4. The summed E-state index contributed by atoms with van der Waals surface area (Å²) in [6.45, 7) is 4.93. The molecule has 2 aromatic rings. The Morgan fingerprint density at radius 1 is 1.05 bits per heavy atom. The fourth-order valence-corrected chi connectivity index (χ4v) is 4.25. The van der Waals surface area contributed by atoms with E-state index in [1.54, 1.807) is 0 Å². The molecule has 2 aromatic carbocycles. The van der Waals surface area contributed by atoms with Crippen molar-refractivity contribution in [3.63, 3.8) is 0 Å². The van der Waals surface area contributed by atoms with E-state index in [0.717, 1.165) is 27.7 Å². The van der Waals surface area contributed by atoms with Crippen LogP contribution in [0.3, 0.4) is 0 Å². The Bertz CT molecular complexity index is 625. The first-order valence-corrected chi connectivity index (χ1v) is 9.35. The number of alkyl halides is 1. The van der Waals surface area contributed by atoms with Crippen LogP contribution in [-0.2, 0) is 0 Å². The average Bonchev–Trinajstić information content (AvgIpc) is 2.45. The van der Waals surface area contributed by atoms with E-state index in [4.69, 9.17) is 4.74 Å². The lowest BCUT2D eigenvalue weighted by Gasteiger charge is -2.15. The predicted octanol–water partition coefficient (Wildman–Crippen LogP) is 6.79. The van der Waals surface area contributed by atoms with Gasteiger partial charge in [-0.25, -0.2) is 0 Å². The summed E-state index contributed by atoms with van der Waals surface area (Å²) in [4.78, 5) is 0.143. The molecule has 0 heterocycles.